The van der Waals surface area contributed by atoms with Crippen LogP contribution in [0.4, 0.5) is 21.1 Å². The van der Waals surface area contributed by atoms with E-state index in [1.54, 1.807) is 6.07 Å². The van der Waals surface area contributed by atoms with Crippen molar-refractivity contribution in [1.82, 2.24) is 15.5 Å². The van der Waals surface area contributed by atoms with Crippen molar-refractivity contribution in [2.45, 2.75) is 51.2 Å². The fourth-order valence-electron chi connectivity index (χ4n) is 3.37. The molecule has 0 aliphatic heterocycles. The van der Waals surface area contributed by atoms with E-state index in [-0.39, 0.29) is 29.4 Å². The number of alkyl carbamates (subject to hydrolysis) is 1. The van der Waals surface area contributed by atoms with Gasteiger partial charge in [-0.25, -0.2) is 9.59 Å². The molecule has 160 valence electrons. The molecule has 0 bridgehead atoms. The van der Waals surface area contributed by atoms with Gasteiger partial charge in [0, 0.05) is 29.4 Å². The Morgan fingerprint density at radius 3 is 2.80 bits per heavy atom. The van der Waals surface area contributed by atoms with Crippen molar-refractivity contribution in [3.8, 4) is 5.75 Å². The summed E-state index contributed by atoms with van der Waals surface area (Å²) >= 11 is 0. The zero-order valence-electron chi connectivity index (χ0n) is 16.8. The number of aromatic amines is 1. The van der Waals surface area contributed by atoms with Gasteiger partial charge in [0.2, 0.25) is 0 Å². The summed E-state index contributed by atoms with van der Waals surface area (Å²) in [5, 5.41) is 24.4. The van der Waals surface area contributed by atoms with E-state index in [0.29, 0.717) is 24.2 Å². The third-order valence-corrected chi connectivity index (χ3v) is 4.76. The number of hydrogen-bond donors (Lipinski definition) is 5. The molecular formula is C20H25N5O5. The number of carbonyl (C=O) groups excluding carboxylic acids is 3. The van der Waals surface area contributed by atoms with Crippen LogP contribution in [0.25, 0.3) is 0 Å². The van der Waals surface area contributed by atoms with Gasteiger partial charge in [-0.05, 0) is 51.3 Å². The van der Waals surface area contributed by atoms with Crippen LogP contribution in [-0.2, 0) is 4.74 Å². The average molecular weight is 415 g/mol. The molecule has 10 heteroatoms. The number of aromatic hydroxyl groups is 1. The predicted octanol–water partition coefficient (Wildman–Crippen LogP) is 3.34. The van der Waals surface area contributed by atoms with E-state index in [1.807, 2.05) is 13.8 Å². The average Bonchev–Trinajstić information content (AvgIpc) is 3.32. The minimum absolute atomic E-state index is 0.0219. The highest BCUT2D eigenvalue weighted by Gasteiger charge is 2.30. The maximum absolute atomic E-state index is 12.2. The van der Waals surface area contributed by atoms with Gasteiger partial charge in [-0.2, -0.15) is 5.10 Å². The van der Waals surface area contributed by atoms with E-state index in [1.165, 1.54) is 18.2 Å². The number of carbonyl (C=O) groups is 3. The number of nitrogens with zero attached hydrogens (tertiary/aromatic N) is 1. The lowest BCUT2D eigenvalue weighted by Crippen LogP contribution is -2.33. The van der Waals surface area contributed by atoms with Crippen LogP contribution in [0.2, 0.25) is 0 Å². The molecule has 0 radical (unpaired) electrons. The second kappa shape index (κ2) is 9.29. The van der Waals surface area contributed by atoms with Crippen LogP contribution in [0.1, 0.15) is 55.1 Å². The Bertz CT molecular complexity index is 926. The highest BCUT2D eigenvalue weighted by molar-refractivity contribution is 5.99. The van der Waals surface area contributed by atoms with Gasteiger partial charge in [-0.3, -0.25) is 15.2 Å². The van der Waals surface area contributed by atoms with Gasteiger partial charge in [0.25, 0.3) is 0 Å². The van der Waals surface area contributed by atoms with Crippen LogP contribution in [0.15, 0.2) is 24.3 Å². The molecule has 0 spiro atoms. The zero-order chi connectivity index (χ0) is 21.7. The van der Waals surface area contributed by atoms with E-state index >= 15 is 0 Å². The third-order valence-electron chi connectivity index (χ3n) is 4.76. The van der Waals surface area contributed by atoms with Gasteiger partial charge in [-0.15, -0.1) is 0 Å². The van der Waals surface area contributed by atoms with Crippen LogP contribution in [0.3, 0.4) is 0 Å². The number of aldehydes is 1. The second-order valence-corrected chi connectivity index (χ2v) is 7.52. The molecule has 30 heavy (non-hydrogen) atoms. The maximum atomic E-state index is 12.2. The Morgan fingerprint density at radius 1 is 1.27 bits per heavy atom. The van der Waals surface area contributed by atoms with E-state index in [9.17, 15) is 19.5 Å². The normalized spacial score (nSPS) is 18.1. The quantitative estimate of drug-likeness (QED) is 0.361. The van der Waals surface area contributed by atoms with Crippen LogP contribution in [0, 0.1) is 0 Å². The molecule has 5 N–H and O–H groups in total. The second-order valence-electron chi connectivity index (χ2n) is 7.52. The number of urea groups is 1. The number of anilines is 2. The molecule has 2 aromatic rings. The first kappa shape index (κ1) is 21.2. The number of nitrogens with one attached hydrogen (secondary N) is 4. The molecule has 1 aromatic heterocycles. The molecule has 1 aromatic carbocycles. The van der Waals surface area contributed by atoms with Crippen molar-refractivity contribution in [2.24, 2.45) is 0 Å². The number of benzene rings is 1. The number of phenols is 1. The molecule has 10 nitrogen and oxygen atoms in total. The summed E-state index contributed by atoms with van der Waals surface area (Å²) in [6.45, 7) is 3.74. The fraction of sp³-hybridized carbons (Fsp3) is 0.400. The Balaban J connectivity index is 1.52. The first-order chi connectivity index (χ1) is 14.3. The molecular weight excluding hydrogens is 390 g/mol. The summed E-state index contributed by atoms with van der Waals surface area (Å²) in [5.74, 6) is 0.340. The lowest BCUT2D eigenvalue weighted by atomic mass is 10.0. The molecule has 0 unspecified atom stereocenters. The largest absolute Gasteiger partial charge is 0.507 e. The summed E-state index contributed by atoms with van der Waals surface area (Å²) in [6.07, 6.45) is 2.23. The van der Waals surface area contributed by atoms with Crippen LogP contribution >= 0.6 is 0 Å². The van der Waals surface area contributed by atoms with Crippen molar-refractivity contribution < 1.29 is 24.2 Å². The van der Waals surface area contributed by atoms with Gasteiger partial charge >= 0.3 is 12.1 Å². The van der Waals surface area contributed by atoms with Gasteiger partial charge in [0.15, 0.2) is 12.1 Å². The molecule has 3 amide bonds. The topological polar surface area (TPSA) is 145 Å². The molecule has 1 aliphatic carbocycles. The zero-order valence-corrected chi connectivity index (χ0v) is 16.8. The first-order valence-corrected chi connectivity index (χ1v) is 9.72. The predicted molar refractivity (Wildman–Crippen MR) is 110 cm³/mol. The highest BCUT2D eigenvalue weighted by Crippen LogP contribution is 2.35. The van der Waals surface area contributed by atoms with Crippen molar-refractivity contribution in [2.75, 3.05) is 10.6 Å². The number of phenolic OH excluding ortho intramolecular Hbond substituents is 1. The van der Waals surface area contributed by atoms with E-state index in [4.69, 9.17) is 4.74 Å². The molecule has 2 atom stereocenters. The molecule has 0 saturated heterocycles. The molecule has 1 fully saturated rings. The van der Waals surface area contributed by atoms with Gasteiger partial charge < -0.3 is 20.5 Å². The number of amides is 3. The first-order valence-electron chi connectivity index (χ1n) is 9.72. The van der Waals surface area contributed by atoms with Crippen molar-refractivity contribution in [3.63, 3.8) is 0 Å². The standard InChI is InChI=1S/C20H25N5O5/c1-11(2)21-20(29)30-15-5-3-12(8-15)16-9-18(25-24-16)23-19(28)22-14-4-6-17(27)13(7-14)10-26/h4,6-7,9-12,15,27H,3,5,8H2,1-2H3,(H,21,29)(H3,22,23,24,25,28)/t12-,15+/m0/s1. The Hall–Kier alpha value is -3.56. The summed E-state index contributed by atoms with van der Waals surface area (Å²) in [4.78, 5) is 34.8. The minimum atomic E-state index is -0.534. The van der Waals surface area contributed by atoms with E-state index in [0.717, 1.165) is 18.5 Å². The summed E-state index contributed by atoms with van der Waals surface area (Å²) < 4.78 is 5.43. The molecule has 3 rings (SSSR count). The minimum Gasteiger partial charge on any atom is -0.507 e. The number of H-pyrrole nitrogens is 1. The molecule has 1 heterocycles. The Kier molecular flexibility index (Phi) is 6.55. The highest BCUT2D eigenvalue weighted by atomic mass is 16.6. The number of aromatic nitrogens is 2. The monoisotopic (exact) mass is 415 g/mol. The number of hydrogen-bond acceptors (Lipinski definition) is 6. The van der Waals surface area contributed by atoms with Crippen LogP contribution in [0.5, 0.6) is 5.75 Å². The maximum Gasteiger partial charge on any atom is 0.407 e. The van der Waals surface area contributed by atoms with Crippen LogP contribution in [-0.4, -0.2) is 45.9 Å². The third kappa shape index (κ3) is 5.49. The van der Waals surface area contributed by atoms with E-state index < -0.39 is 12.1 Å². The molecule has 1 aliphatic rings. The smallest absolute Gasteiger partial charge is 0.407 e. The number of ether oxygens (including phenoxy) is 1. The summed E-state index contributed by atoms with van der Waals surface area (Å²) in [7, 11) is 0. The lowest BCUT2D eigenvalue weighted by molar-refractivity contribution is 0.0981. The van der Waals surface area contributed by atoms with E-state index in [2.05, 4.69) is 26.1 Å². The number of rotatable bonds is 6. The lowest BCUT2D eigenvalue weighted by Gasteiger charge is -2.14. The van der Waals surface area contributed by atoms with Crippen LogP contribution < -0.4 is 16.0 Å². The van der Waals surface area contributed by atoms with Crippen molar-refractivity contribution in [3.05, 3.63) is 35.5 Å². The SMILES string of the molecule is CC(C)NC(=O)O[C@@H]1CC[C@H](c2cc(NC(=O)Nc3ccc(O)c(C=O)c3)n[nH]2)C1. The fourth-order valence-corrected chi connectivity index (χ4v) is 3.37. The van der Waals surface area contributed by atoms with Crippen molar-refractivity contribution >= 4 is 29.9 Å². The van der Waals surface area contributed by atoms with Gasteiger partial charge in [0.1, 0.15) is 11.9 Å². The Labute approximate surface area is 173 Å². The van der Waals surface area contributed by atoms with Gasteiger partial charge in [0.05, 0.1) is 5.56 Å². The van der Waals surface area contributed by atoms with Crippen molar-refractivity contribution in [1.29, 1.82) is 0 Å². The Morgan fingerprint density at radius 2 is 2.07 bits per heavy atom. The van der Waals surface area contributed by atoms with Gasteiger partial charge in [-0.1, -0.05) is 0 Å². The summed E-state index contributed by atoms with van der Waals surface area (Å²) in [5.41, 5.74) is 1.29. The summed E-state index contributed by atoms with van der Waals surface area (Å²) in [6, 6.07) is 5.40. The molecule has 1 saturated carbocycles.